The first-order chi connectivity index (χ1) is 9.63. The zero-order chi connectivity index (χ0) is 14.5. The molecule has 0 unspecified atom stereocenters. The third-order valence-corrected chi connectivity index (χ3v) is 2.61. The predicted molar refractivity (Wildman–Crippen MR) is 75.1 cm³/mol. The first kappa shape index (κ1) is 13.9. The van der Waals surface area contributed by atoms with Gasteiger partial charge in [0.1, 0.15) is 17.4 Å². The van der Waals surface area contributed by atoms with Crippen molar-refractivity contribution in [2.75, 3.05) is 6.61 Å². The Bertz CT molecular complexity index is 629. The molecule has 0 amide bonds. The Morgan fingerprint density at radius 2 is 1.75 bits per heavy atom. The molecule has 0 atom stereocenters. The van der Waals surface area contributed by atoms with Crippen LogP contribution in [0.4, 0.5) is 4.39 Å². The van der Waals surface area contributed by atoms with Gasteiger partial charge < -0.3 is 15.2 Å². The first-order valence-corrected chi connectivity index (χ1v) is 6.16. The molecule has 0 spiro atoms. The van der Waals surface area contributed by atoms with Crippen molar-refractivity contribution in [1.82, 2.24) is 0 Å². The van der Waals surface area contributed by atoms with Crippen molar-refractivity contribution in [2.45, 2.75) is 6.92 Å². The summed E-state index contributed by atoms with van der Waals surface area (Å²) in [6.45, 7) is 2.35. The molecule has 2 rings (SSSR count). The molecule has 0 aliphatic carbocycles. The Labute approximate surface area is 116 Å². The highest BCUT2D eigenvalue weighted by Crippen LogP contribution is 2.33. The Hall–Kier alpha value is -2.56. The lowest BCUT2D eigenvalue weighted by Crippen LogP contribution is -2.14. The van der Waals surface area contributed by atoms with Crippen LogP contribution in [0.15, 0.2) is 42.5 Å². The van der Waals surface area contributed by atoms with E-state index in [-0.39, 0.29) is 17.1 Å². The Kier molecular flexibility index (Phi) is 4.20. The highest BCUT2D eigenvalue weighted by Gasteiger charge is 2.14. The number of benzene rings is 2. The second-order valence-electron chi connectivity index (χ2n) is 4.01. The van der Waals surface area contributed by atoms with E-state index in [1.807, 2.05) is 13.0 Å². The van der Waals surface area contributed by atoms with Gasteiger partial charge in [0.25, 0.3) is 0 Å². The van der Waals surface area contributed by atoms with Crippen LogP contribution in [0.1, 0.15) is 12.5 Å². The molecule has 104 valence electrons. The molecule has 0 aromatic heterocycles. The number of nitrogen functional groups attached to an aromatic ring is 1. The van der Waals surface area contributed by atoms with Gasteiger partial charge >= 0.3 is 0 Å². The second kappa shape index (κ2) is 6.06. The summed E-state index contributed by atoms with van der Waals surface area (Å²) in [4.78, 5) is 0. The van der Waals surface area contributed by atoms with Crippen LogP contribution >= 0.6 is 0 Å². The van der Waals surface area contributed by atoms with Crippen molar-refractivity contribution in [3.63, 3.8) is 0 Å². The number of rotatable bonds is 5. The van der Waals surface area contributed by atoms with Gasteiger partial charge in [0.15, 0.2) is 11.5 Å². The van der Waals surface area contributed by atoms with Crippen LogP contribution in [0.3, 0.4) is 0 Å². The smallest absolute Gasteiger partial charge is 0.169 e. The van der Waals surface area contributed by atoms with E-state index in [0.29, 0.717) is 18.1 Å². The lowest BCUT2D eigenvalue weighted by atomic mass is 10.1. The van der Waals surface area contributed by atoms with Crippen molar-refractivity contribution in [3.05, 3.63) is 53.8 Å². The SMILES string of the molecule is CCOc1ccccc1Oc1cccc(F)c1C(=N)N. The van der Waals surface area contributed by atoms with Gasteiger partial charge in [-0.3, -0.25) is 5.41 Å². The molecular weight excluding hydrogens is 259 g/mol. The molecule has 0 radical (unpaired) electrons. The number of para-hydroxylation sites is 2. The maximum atomic E-state index is 13.7. The van der Waals surface area contributed by atoms with E-state index in [1.165, 1.54) is 12.1 Å². The molecule has 20 heavy (non-hydrogen) atoms. The van der Waals surface area contributed by atoms with Crippen LogP contribution < -0.4 is 15.2 Å². The minimum atomic E-state index is -0.594. The van der Waals surface area contributed by atoms with E-state index in [0.717, 1.165) is 0 Å². The molecule has 0 saturated heterocycles. The van der Waals surface area contributed by atoms with Gasteiger partial charge in [-0.15, -0.1) is 0 Å². The predicted octanol–water partition coefficient (Wildman–Crippen LogP) is 3.30. The molecule has 4 nitrogen and oxygen atoms in total. The molecule has 0 bridgehead atoms. The highest BCUT2D eigenvalue weighted by atomic mass is 19.1. The number of nitrogens with one attached hydrogen (secondary N) is 1. The molecule has 2 aromatic carbocycles. The quantitative estimate of drug-likeness (QED) is 0.649. The van der Waals surface area contributed by atoms with Crippen molar-refractivity contribution in [3.8, 4) is 17.2 Å². The van der Waals surface area contributed by atoms with E-state index in [9.17, 15) is 4.39 Å². The van der Waals surface area contributed by atoms with E-state index < -0.39 is 5.82 Å². The number of hydrogen-bond donors (Lipinski definition) is 2. The molecule has 0 aliphatic heterocycles. The molecule has 0 aliphatic rings. The van der Waals surface area contributed by atoms with Gasteiger partial charge in [-0.1, -0.05) is 18.2 Å². The third kappa shape index (κ3) is 2.88. The first-order valence-electron chi connectivity index (χ1n) is 6.16. The largest absolute Gasteiger partial charge is 0.490 e. The molecular formula is C15H15FN2O2. The van der Waals surface area contributed by atoms with Crippen LogP contribution in [0, 0.1) is 11.2 Å². The zero-order valence-electron chi connectivity index (χ0n) is 11.0. The standard InChI is InChI=1S/C15H15FN2O2/c1-2-19-11-7-3-4-8-12(11)20-13-9-5-6-10(16)14(13)15(17)18/h3-9H,2H2,1H3,(H3,17,18). The van der Waals surface area contributed by atoms with Crippen LogP contribution in [0.25, 0.3) is 0 Å². The lowest BCUT2D eigenvalue weighted by Gasteiger charge is -2.14. The van der Waals surface area contributed by atoms with Gasteiger partial charge in [-0.25, -0.2) is 4.39 Å². The Morgan fingerprint density at radius 3 is 2.40 bits per heavy atom. The summed E-state index contributed by atoms with van der Waals surface area (Å²) >= 11 is 0. The molecule has 2 aromatic rings. The van der Waals surface area contributed by atoms with Crippen molar-refractivity contribution in [1.29, 1.82) is 5.41 Å². The maximum Gasteiger partial charge on any atom is 0.169 e. The van der Waals surface area contributed by atoms with E-state index in [2.05, 4.69) is 0 Å². The van der Waals surface area contributed by atoms with Crippen molar-refractivity contribution in [2.24, 2.45) is 5.73 Å². The van der Waals surface area contributed by atoms with E-state index in [4.69, 9.17) is 20.6 Å². The molecule has 3 N–H and O–H groups in total. The van der Waals surface area contributed by atoms with Gasteiger partial charge in [0.2, 0.25) is 0 Å². The lowest BCUT2D eigenvalue weighted by molar-refractivity contribution is 0.321. The van der Waals surface area contributed by atoms with E-state index in [1.54, 1.807) is 24.3 Å². The van der Waals surface area contributed by atoms with Crippen molar-refractivity contribution < 1.29 is 13.9 Å². The second-order valence-corrected chi connectivity index (χ2v) is 4.01. The summed E-state index contributed by atoms with van der Waals surface area (Å²) in [5.74, 6) is 0.205. The molecule has 0 fully saturated rings. The summed E-state index contributed by atoms with van der Waals surface area (Å²) in [7, 11) is 0. The Morgan fingerprint density at radius 1 is 1.10 bits per heavy atom. The Balaban J connectivity index is 2.40. The minimum Gasteiger partial charge on any atom is -0.490 e. The maximum absolute atomic E-state index is 13.7. The number of nitrogens with two attached hydrogens (primary N) is 1. The number of hydrogen-bond acceptors (Lipinski definition) is 3. The molecule has 5 heteroatoms. The molecule has 0 saturated carbocycles. The van der Waals surface area contributed by atoms with Gasteiger partial charge in [-0.2, -0.15) is 0 Å². The summed E-state index contributed by atoms with van der Waals surface area (Å²) in [5, 5.41) is 7.44. The van der Waals surface area contributed by atoms with E-state index >= 15 is 0 Å². The minimum absolute atomic E-state index is 0.0567. The summed E-state index contributed by atoms with van der Waals surface area (Å²) in [6.07, 6.45) is 0. The third-order valence-electron chi connectivity index (χ3n) is 2.61. The van der Waals surface area contributed by atoms with Crippen LogP contribution in [0.2, 0.25) is 0 Å². The van der Waals surface area contributed by atoms with Crippen molar-refractivity contribution >= 4 is 5.84 Å². The number of ether oxygens (including phenoxy) is 2. The average Bonchev–Trinajstić information content (AvgIpc) is 2.41. The topological polar surface area (TPSA) is 68.3 Å². The monoisotopic (exact) mass is 274 g/mol. The fraction of sp³-hybridized carbons (Fsp3) is 0.133. The van der Waals surface area contributed by atoms with Gasteiger partial charge in [0.05, 0.1) is 12.2 Å². The zero-order valence-corrected chi connectivity index (χ0v) is 11.0. The fourth-order valence-electron chi connectivity index (χ4n) is 1.78. The fourth-order valence-corrected chi connectivity index (χ4v) is 1.78. The average molecular weight is 274 g/mol. The highest BCUT2D eigenvalue weighted by molar-refractivity contribution is 5.98. The van der Waals surface area contributed by atoms with Gasteiger partial charge in [0, 0.05) is 0 Å². The normalized spacial score (nSPS) is 10.1. The summed E-state index contributed by atoms with van der Waals surface area (Å²) < 4.78 is 24.8. The number of amidine groups is 1. The van der Waals surface area contributed by atoms with Gasteiger partial charge in [-0.05, 0) is 31.2 Å². The molecule has 0 heterocycles. The summed E-state index contributed by atoms with van der Waals surface area (Å²) in [5.41, 5.74) is 5.34. The van der Waals surface area contributed by atoms with Crippen LogP contribution in [-0.2, 0) is 0 Å². The van der Waals surface area contributed by atoms with Crippen LogP contribution in [0.5, 0.6) is 17.2 Å². The summed E-state index contributed by atoms with van der Waals surface area (Å²) in [6, 6.07) is 11.4. The number of halogens is 1. The van der Waals surface area contributed by atoms with Crippen LogP contribution in [-0.4, -0.2) is 12.4 Å².